The first-order chi connectivity index (χ1) is 10.1. The summed E-state index contributed by atoms with van der Waals surface area (Å²) in [5.74, 6) is 0.836. The zero-order chi connectivity index (χ0) is 15.0. The normalized spacial score (nSPS) is 11.4. The molecule has 3 aromatic rings. The minimum atomic E-state index is 0.836. The number of H-pyrrole nitrogens is 1. The number of hydrogen-bond acceptors (Lipinski definition) is 3. The summed E-state index contributed by atoms with van der Waals surface area (Å²) in [6.07, 6.45) is 0.934. The summed E-state index contributed by atoms with van der Waals surface area (Å²) >= 11 is 5.35. The second kappa shape index (κ2) is 5.85. The van der Waals surface area contributed by atoms with Crippen molar-refractivity contribution in [1.29, 1.82) is 0 Å². The van der Waals surface area contributed by atoms with Crippen LogP contribution >= 0.6 is 27.7 Å². The third-order valence-electron chi connectivity index (χ3n) is 3.46. The first kappa shape index (κ1) is 14.7. The number of benzene rings is 1. The second-order valence-corrected chi connectivity index (χ2v) is 6.79. The highest BCUT2D eigenvalue weighted by Crippen LogP contribution is 2.29. The molecule has 2 aromatic heterocycles. The van der Waals surface area contributed by atoms with E-state index in [9.17, 15) is 0 Å². The van der Waals surface area contributed by atoms with E-state index in [0.717, 1.165) is 38.5 Å². The van der Waals surface area contributed by atoms with Gasteiger partial charge in [0.25, 0.3) is 0 Å². The maximum absolute atomic E-state index is 4.62. The molecule has 3 rings (SSSR count). The summed E-state index contributed by atoms with van der Waals surface area (Å²) < 4.78 is 3.06. The SMILES string of the molecule is CCc1nn(C)c(CSc2nc3ccc(C)cc3[nH]2)c1Br. The van der Waals surface area contributed by atoms with Crippen LogP contribution in [-0.2, 0) is 19.2 Å². The van der Waals surface area contributed by atoms with E-state index < -0.39 is 0 Å². The lowest BCUT2D eigenvalue weighted by Gasteiger charge is -2.00. The van der Waals surface area contributed by atoms with E-state index in [2.05, 4.69) is 63.0 Å². The maximum Gasteiger partial charge on any atom is 0.166 e. The Balaban J connectivity index is 1.81. The molecule has 21 heavy (non-hydrogen) atoms. The van der Waals surface area contributed by atoms with Gasteiger partial charge in [-0.2, -0.15) is 5.10 Å². The van der Waals surface area contributed by atoms with Crippen molar-refractivity contribution in [2.45, 2.75) is 31.2 Å². The number of aromatic nitrogens is 4. The molecule has 0 amide bonds. The molecule has 2 heterocycles. The van der Waals surface area contributed by atoms with Gasteiger partial charge in [0.1, 0.15) is 0 Å². The van der Waals surface area contributed by atoms with Crippen molar-refractivity contribution in [3.8, 4) is 0 Å². The molecule has 0 spiro atoms. The number of nitrogens with one attached hydrogen (secondary N) is 1. The van der Waals surface area contributed by atoms with E-state index >= 15 is 0 Å². The maximum atomic E-state index is 4.62. The van der Waals surface area contributed by atoms with E-state index in [1.807, 2.05) is 11.7 Å². The Hall–Kier alpha value is -1.27. The molecule has 1 aromatic carbocycles. The van der Waals surface area contributed by atoms with E-state index in [1.54, 1.807) is 11.8 Å². The number of nitrogens with zero attached hydrogens (tertiary/aromatic N) is 3. The molecule has 0 bridgehead atoms. The summed E-state index contributed by atoms with van der Waals surface area (Å²) in [4.78, 5) is 7.99. The van der Waals surface area contributed by atoms with E-state index in [1.165, 1.54) is 11.3 Å². The van der Waals surface area contributed by atoms with Crippen molar-refractivity contribution in [3.05, 3.63) is 39.6 Å². The molecule has 0 unspecified atom stereocenters. The van der Waals surface area contributed by atoms with Crippen LogP contribution in [0.15, 0.2) is 27.8 Å². The highest BCUT2D eigenvalue weighted by Gasteiger charge is 2.13. The van der Waals surface area contributed by atoms with Gasteiger partial charge in [-0.25, -0.2) is 4.98 Å². The molecule has 0 aliphatic rings. The number of aromatic amines is 1. The van der Waals surface area contributed by atoms with Gasteiger partial charge < -0.3 is 4.98 Å². The van der Waals surface area contributed by atoms with Gasteiger partial charge in [-0.3, -0.25) is 4.68 Å². The Morgan fingerprint density at radius 3 is 2.90 bits per heavy atom. The minimum absolute atomic E-state index is 0.836. The van der Waals surface area contributed by atoms with Crippen molar-refractivity contribution in [3.63, 3.8) is 0 Å². The molecular formula is C15H17BrN4S. The number of aryl methyl sites for hydroxylation is 3. The third kappa shape index (κ3) is 2.87. The quantitative estimate of drug-likeness (QED) is 0.704. The monoisotopic (exact) mass is 364 g/mol. The van der Waals surface area contributed by atoms with Crippen molar-refractivity contribution < 1.29 is 0 Å². The second-order valence-electron chi connectivity index (χ2n) is 5.04. The Labute approximate surface area is 136 Å². The van der Waals surface area contributed by atoms with Gasteiger partial charge in [-0.1, -0.05) is 24.8 Å². The highest BCUT2D eigenvalue weighted by molar-refractivity contribution is 9.10. The summed E-state index contributed by atoms with van der Waals surface area (Å²) in [5, 5.41) is 5.47. The van der Waals surface area contributed by atoms with Gasteiger partial charge in [0, 0.05) is 12.8 Å². The van der Waals surface area contributed by atoms with E-state index in [0.29, 0.717) is 0 Å². The third-order valence-corrected chi connectivity index (χ3v) is 5.26. The Bertz CT molecular complexity index is 790. The van der Waals surface area contributed by atoms with Crippen molar-refractivity contribution in [2.24, 2.45) is 7.05 Å². The average Bonchev–Trinajstić information content (AvgIpc) is 2.97. The van der Waals surface area contributed by atoms with Crippen molar-refractivity contribution in [2.75, 3.05) is 0 Å². The summed E-state index contributed by atoms with van der Waals surface area (Å²) in [6.45, 7) is 4.21. The first-order valence-corrected chi connectivity index (χ1v) is 8.65. The standard InChI is InChI=1S/C15H17BrN4S/c1-4-10-14(16)13(20(3)19-10)8-21-15-17-11-6-5-9(2)7-12(11)18-15/h5-7H,4,8H2,1-3H3,(H,17,18). The lowest BCUT2D eigenvalue weighted by Crippen LogP contribution is -1.97. The van der Waals surface area contributed by atoms with E-state index in [-0.39, 0.29) is 0 Å². The molecule has 0 saturated heterocycles. The fourth-order valence-corrected chi connectivity index (χ4v) is 4.17. The predicted octanol–water partition coefficient (Wildman–Crippen LogP) is 4.22. The van der Waals surface area contributed by atoms with Crippen LogP contribution < -0.4 is 0 Å². The Morgan fingerprint density at radius 1 is 1.38 bits per heavy atom. The van der Waals surface area contributed by atoms with Crippen molar-refractivity contribution >= 4 is 38.7 Å². The van der Waals surface area contributed by atoms with Crippen LogP contribution in [0.25, 0.3) is 11.0 Å². The molecule has 0 saturated carbocycles. The molecule has 0 aliphatic heterocycles. The van der Waals surface area contributed by atoms with Crippen molar-refractivity contribution in [1.82, 2.24) is 19.7 Å². The molecule has 0 fully saturated rings. The molecule has 0 aliphatic carbocycles. The summed E-state index contributed by atoms with van der Waals surface area (Å²) in [7, 11) is 1.99. The van der Waals surface area contributed by atoms with Gasteiger partial charge in [0.15, 0.2) is 5.16 Å². The summed E-state index contributed by atoms with van der Waals surface area (Å²) in [5.41, 5.74) is 5.64. The number of rotatable bonds is 4. The Kier molecular flexibility index (Phi) is 4.08. The zero-order valence-corrected chi connectivity index (χ0v) is 14.7. The predicted molar refractivity (Wildman–Crippen MR) is 90.7 cm³/mol. The molecule has 6 heteroatoms. The van der Waals surface area contributed by atoms with Crippen LogP contribution in [0.2, 0.25) is 0 Å². The Morgan fingerprint density at radius 2 is 2.19 bits per heavy atom. The molecule has 4 nitrogen and oxygen atoms in total. The number of fused-ring (bicyclic) bond motifs is 1. The number of thioether (sulfide) groups is 1. The summed E-state index contributed by atoms with van der Waals surface area (Å²) in [6, 6.07) is 6.27. The number of halogens is 1. The lowest BCUT2D eigenvalue weighted by atomic mass is 10.2. The van der Waals surface area contributed by atoms with Crippen LogP contribution in [-0.4, -0.2) is 19.7 Å². The molecule has 0 radical (unpaired) electrons. The van der Waals surface area contributed by atoms with Crippen LogP contribution in [0.4, 0.5) is 0 Å². The fourth-order valence-electron chi connectivity index (χ4n) is 2.28. The van der Waals surface area contributed by atoms with Gasteiger partial charge in [0.2, 0.25) is 0 Å². The van der Waals surface area contributed by atoms with Crippen LogP contribution in [0.5, 0.6) is 0 Å². The molecule has 1 N–H and O–H groups in total. The highest BCUT2D eigenvalue weighted by atomic mass is 79.9. The largest absolute Gasteiger partial charge is 0.333 e. The fraction of sp³-hybridized carbons (Fsp3) is 0.333. The molecule has 110 valence electrons. The lowest BCUT2D eigenvalue weighted by molar-refractivity contribution is 0.719. The van der Waals surface area contributed by atoms with Crippen LogP contribution in [0.3, 0.4) is 0 Å². The smallest absolute Gasteiger partial charge is 0.166 e. The van der Waals surface area contributed by atoms with Gasteiger partial charge in [-0.15, -0.1) is 0 Å². The van der Waals surface area contributed by atoms with E-state index in [4.69, 9.17) is 0 Å². The van der Waals surface area contributed by atoms with Gasteiger partial charge in [0.05, 0.1) is 26.9 Å². The minimum Gasteiger partial charge on any atom is -0.333 e. The topological polar surface area (TPSA) is 46.5 Å². The van der Waals surface area contributed by atoms with Gasteiger partial charge >= 0.3 is 0 Å². The molecular weight excluding hydrogens is 348 g/mol. The van der Waals surface area contributed by atoms with Crippen LogP contribution in [0, 0.1) is 6.92 Å². The number of hydrogen-bond donors (Lipinski definition) is 1. The average molecular weight is 365 g/mol. The first-order valence-electron chi connectivity index (χ1n) is 6.88. The van der Waals surface area contributed by atoms with Gasteiger partial charge in [-0.05, 0) is 47.0 Å². The molecule has 0 atom stereocenters. The van der Waals surface area contributed by atoms with Crippen LogP contribution in [0.1, 0.15) is 23.9 Å². The number of imidazole rings is 1. The zero-order valence-electron chi connectivity index (χ0n) is 12.3.